The molecule has 14 heteroatoms. The number of benzene rings is 5. The van der Waals surface area contributed by atoms with Crippen molar-refractivity contribution in [1.29, 1.82) is 0 Å². The fourth-order valence-corrected chi connectivity index (χ4v) is 13.9. The first-order chi connectivity index (χ1) is 34.4. The smallest absolute Gasteiger partial charge is 0.419 e. The number of carbonyl (C=O) groups is 4. The number of anilines is 2. The molecule has 13 nitrogen and oxygen atoms in total. The van der Waals surface area contributed by atoms with Crippen LogP contribution >= 0.6 is 0 Å². The molecule has 380 valence electrons. The summed E-state index contributed by atoms with van der Waals surface area (Å²) in [5.74, 6) is -0.00295. The maximum Gasteiger partial charge on any atom is 0.419 e. The number of likely N-dealkylation sites (N-methyl/N-ethyl adjacent to an activating group) is 1. The van der Waals surface area contributed by atoms with Crippen LogP contribution in [0.5, 0.6) is 5.75 Å². The van der Waals surface area contributed by atoms with Gasteiger partial charge in [-0.1, -0.05) is 93.6 Å². The van der Waals surface area contributed by atoms with Crippen LogP contribution in [0.15, 0.2) is 121 Å². The molecule has 2 N–H and O–H groups in total. The van der Waals surface area contributed by atoms with Gasteiger partial charge in [-0.3, -0.25) is 14.4 Å². The Morgan fingerprint density at radius 3 is 1.97 bits per heavy atom. The minimum atomic E-state index is -3.05. The average Bonchev–Trinajstić information content (AvgIpc) is 3.73. The molecule has 6 aromatic rings. The molecule has 1 aliphatic rings. The van der Waals surface area contributed by atoms with Gasteiger partial charge in [-0.15, -0.1) is 0 Å². The maximum atomic E-state index is 14.5. The summed E-state index contributed by atoms with van der Waals surface area (Å²) in [6, 6.07) is 38.4. The normalized spacial score (nSPS) is 13.5. The van der Waals surface area contributed by atoms with Crippen LogP contribution in [0.1, 0.15) is 105 Å². The predicted octanol–water partition coefficient (Wildman–Crippen LogP) is 10.2. The highest BCUT2D eigenvalue weighted by Crippen LogP contribution is 2.38. The summed E-state index contributed by atoms with van der Waals surface area (Å²) < 4.78 is 26.6. The summed E-state index contributed by atoms with van der Waals surface area (Å²) in [4.78, 5) is 59.4. The SMILES string of the molecule is COCc1cc(C(=O)Nc2ccc(C)cc2OCCCCCC(=O)N2CCN(C)CC2)ccc1NC(=O)c1cccc2c1cc(CO[Si](c1ccccc1)(c1ccccc1)C(C)(C)C)n2C(=O)OC(C)(C)C. The Morgan fingerprint density at radius 1 is 0.681 bits per heavy atom. The Kier molecular flexibility index (Phi) is 17.2. The first-order valence-corrected chi connectivity index (χ1v) is 26.9. The first-order valence-electron chi connectivity index (χ1n) is 24.9. The number of methoxy groups -OCH3 is 1. The molecule has 1 saturated heterocycles. The van der Waals surface area contributed by atoms with Crippen LogP contribution in [-0.4, -0.2) is 99.0 Å². The second kappa shape index (κ2) is 23.3. The summed E-state index contributed by atoms with van der Waals surface area (Å²) in [7, 11) is 0.583. The number of amides is 3. The third-order valence-corrected chi connectivity index (χ3v) is 18.0. The lowest BCUT2D eigenvalue weighted by Gasteiger charge is -2.43. The molecule has 3 amide bonds. The van der Waals surface area contributed by atoms with Gasteiger partial charge in [0.25, 0.3) is 20.1 Å². The molecule has 2 heterocycles. The second-order valence-electron chi connectivity index (χ2n) is 20.7. The van der Waals surface area contributed by atoms with E-state index >= 15 is 0 Å². The number of aryl methyl sites for hydroxylation is 1. The van der Waals surface area contributed by atoms with E-state index in [0.29, 0.717) is 63.4 Å². The van der Waals surface area contributed by atoms with E-state index in [2.05, 4.69) is 67.6 Å². The standard InChI is InChI=1S/C58H71N5O8Si/c1-41-27-29-50(52(36-41)69-35-18-12-17-26-53(64)62-33-31-61(8)32-34-62)60-54(65)42-28-30-49(43(37-42)39-68-9)59-55(66)47-24-19-25-51-48(47)38-44(63(51)56(67)71-57(2,3)4)40-70-72(58(5,6)7,45-20-13-10-14-21-45)46-22-15-11-16-23-46/h10-11,13-16,19-25,27-30,36-38H,12,17-18,26,31-35,39-40H2,1-9H3,(H,59,66)(H,60,65). The van der Waals surface area contributed by atoms with Crippen LogP contribution in [0.3, 0.4) is 0 Å². The largest absolute Gasteiger partial charge is 0.491 e. The first kappa shape index (κ1) is 53.2. The number of hydrogen-bond acceptors (Lipinski definition) is 9. The van der Waals surface area contributed by atoms with Crippen LogP contribution in [0, 0.1) is 6.92 Å². The number of piperazine rings is 1. The minimum absolute atomic E-state index is 0.0563. The topological polar surface area (TPSA) is 141 Å². The molecule has 0 spiro atoms. The van der Waals surface area contributed by atoms with Gasteiger partial charge in [0.2, 0.25) is 5.91 Å². The van der Waals surface area contributed by atoms with E-state index in [-0.39, 0.29) is 30.1 Å². The molecular formula is C58H71N5O8Si. The van der Waals surface area contributed by atoms with Gasteiger partial charge in [-0.25, -0.2) is 9.36 Å². The van der Waals surface area contributed by atoms with Crippen molar-refractivity contribution in [3.8, 4) is 5.75 Å². The van der Waals surface area contributed by atoms with Crippen molar-refractivity contribution in [3.05, 3.63) is 149 Å². The number of unbranched alkanes of at least 4 members (excludes halogenated alkanes) is 2. The second-order valence-corrected chi connectivity index (χ2v) is 25.0. The van der Waals surface area contributed by atoms with Crippen molar-refractivity contribution in [2.75, 3.05) is 57.6 Å². The molecular weight excluding hydrogens is 923 g/mol. The number of rotatable bonds is 18. The van der Waals surface area contributed by atoms with Crippen LogP contribution in [0.25, 0.3) is 10.9 Å². The Morgan fingerprint density at radius 2 is 1.33 bits per heavy atom. The Balaban J connectivity index is 1.09. The van der Waals surface area contributed by atoms with E-state index in [9.17, 15) is 19.2 Å². The molecule has 1 aliphatic heterocycles. The third kappa shape index (κ3) is 12.7. The van der Waals surface area contributed by atoms with Gasteiger partial charge in [0.05, 0.1) is 36.7 Å². The molecule has 0 bridgehead atoms. The number of aromatic nitrogens is 1. The molecule has 0 aliphatic carbocycles. The molecule has 0 radical (unpaired) electrons. The summed E-state index contributed by atoms with van der Waals surface area (Å²) in [5.41, 5.74) is 3.49. The van der Waals surface area contributed by atoms with Crippen LogP contribution in [0.4, 0.5) is 16.2 Å². The number of nitrogens with zero attached hydrogens (tertiary/aromatic N) is 3. The zero-order valence-corrected chi connectivity index (χ0v) is 44.4. The molecule has 0 saturated carbocycles. The maximum absolute atomic E-state index is 14.5. The summed E-state index contributed by atoms with van der Waals surface area (Å²) >= 11 is 0. The van der Waals surface area contributed by atoms with E-state index in [4.69, 9.17) is 18.6 Å². The molecule has 7 rings (SSSR count). The van der Waals surface area contributed by atoms with Crippen molar-refractivity contribution >= 4 is 64.8 Å². The van der Waals surface area contributed by atoms with Gasteiger partial charge in [0.15, 0.2) is 0 Å². The molecule has 72 heavy (non-hydrogen) atoms. The van der Waals surface area contributed by atoms with Crippen molar-refractivity contribution in [3.63, 3.8) is 0 Å². The van der Waals surface area contributed by atoms with Gasteiger partial charge in [0.1, 0.15) is 11.4 Å². The van der Waals surface area contributed by atoms with Crippen LogP contribution < -0.4 is 25.7 Å². The summed E-state index contributed by atoms with van der Waals surface area (Å²) in [5, 5.41) is 8.49. The van der Waals surface area contributed by atoms with Crippen molar-refractivity contribution in [2.45, 2.75) is 98.0 Å². The van der Waals surface area contributed by atoms with E-state index < -0.39 is 25.9 Å². The number of nitrogens with one attached hydrogen (secondary N) is 2. The molecule has 0 unspecified atom stereocenters. The van der Waals surface area contributed by atoms with Crippen LogP contribution in [0.2, 0.25) is 5.04 Å². The highest BCUT2D eigenvalue weighted by atomic mass is 28.4. The Bertz CT molecular complexity index is 2810. The molecule has 0 atom stereocenters. The quantitative estimate of drug-likeness (QED) is 0.0636. The fourth-order valence-electron chi connectivity index (χ4n) is 9.38. The zero-order valence-electron chi connectivity index (χ0n) is 43.4. The Labute approximate surface area is 425 Å². The number of fused-ring (bicyclic) bond motifs is 1. The number of hydrogen-bond donors (Lipinski definition) is 2. The van der Waals surface area contributed by atoms with E-state index in [1.54, 1.807) is 43.5 Å². The fraction of sp³-hybridized carbons (Fsp3) is 0.379. The van der Waals surface area contributed by atoms with Crippen LogP contribution in [-0.2, 0) is 31.9 Å². The van der Waals surface area contributed by atoms with Crippen molar-refractivity contribution in [1.82, 2.24) is 14.4 Å². The monoisotopic (exact) mass is 994 g/mol. The summed E-state index contributed by atoms with van der Waals surface area (Å²) in [6.45, 7) is 18.0. The van der Waals surface area contributed by atoms with Gasteiger partial charge in [0, 0.05) is 67.5 Å². The molecule has 5 aromatic carbocycles. The van der Waals surface area contributed by atoms with E-state index in [1.165, 1.54) is 4.57 Å². The van der Waals surface area contributed by atoms with E-state index in [0.717, 1.165) is 61.4 Å². The van der Waals surface area contributed by atoms with Gasteiger partial charge in [-0.2, -0.15) is 0 Å². The van der Waals surface area contributed by atoms with Gasteiger partial charge in [-0.05, 0) is 124 Å². The minimum Gasteiger partial charge on any atom is -0.491 e. The van der Waals surface area contributed by atoms with E-state index in [1.807, 2.05) is 93.3 Å². The Hall–Kier alpha value is -6.58. The lowest BCUT2D eigenvalue weighted by Crippen LogP contribution is -2.66. The lowest BCUT2D eigenvalue weighted by molar-refractivity contribution is -0.132. The lowest BCUT2D eigenvalue weighted by atomic mass is 10.1. The average molecular weight is 994 g/mol. The van der Waals surface area contributed by atoms with Crippen molar-refractivity contribution < 1.29 is 37.8 Å². The zero-order chi connectivity index (χ0) is 51.6. The predicted molar refractivity (Wildman–Crippen MR) is 288 cm³/mol. The highest BCUT2D eigenvalue weighted by molar-refractivity contribution is 6.99. The van der Waals surface area contributed by atoms with Gasteiger partial charge < -0.3 is 39.1 Å². The number of carbonyl (C=O) groups excluding carboxylic acids is 4. The molecule has 1 aromatic heterocycles. The number of ether oxygens (including phenoxy) is 3. The van der Waals surface area contributed by atoms with Gasteiger partial charge >= 0.3 is 6.09 Å². The molecule has 1 fully saturated rings. The summed E-state index contributed by atoms with van der Waals surface area (Å²) in [6.07, 6.45) is 2.37. The highest BCUT2D eigenvalue weighted by Gasteiger charge is 2.50. The third-order valence-electron chi connectivity index (χ3n) is 13.0. The van der Waals surface area contributed by atoms with Crippen molar-refractivity contribution in [2.24, 2.45) is 0 Å².